The molecule has 1 aliphatic heterocycles. The number of ether oxygens (including phenoxy) is 1. The van der Waals surface area contributed by atoms with E-state index < -0.39 is 0 Å². The van der Waals surface area contributed by atoms with Crippen LogP contribution in [0.15, 0.2) is 29.3 Å². The quantitative estimate of drug-likeness (QED) is 0.559. The van der Waals surface area contributed by atoms with E-state index in [0.29, 0.717) is 24.9 Å². The standard InChI is InChI=1S/C22H34N4O2/c1-3-23-22(24-14-12-21(27)25-19-6-4-5-7-19)26-15-13-18(16-26)17-8-10-20(28-2)11-9-17/h8-11,18-19H,3-7,12-16H2,1-2H3,(H,23,24)(H,25,27). The smallest absolute Gasteiger partial charge is 0.222 e. The maximum Gasteiger partial charge on any atom is 0.222 e. The van der Waals surface area contributed by atoms with E-state index in [1.54, 1.807) is 7.11 Å². The van der Waals surface area contributed by atoms with Crippen LogP contribution in [0, 0.1) is 0 Å². The van der Waals surface area contributed by atoms with Crippen LogP contribution in [0.5, 0.6) is 5.75 Å². The Morgan fingerprint density at radius 1 is 1.21 bits per heavy atom. The van der Waals surface area contributed by atoms with E-state index in [1.165, 1.54) is 18.4 Å². The van der Waals surface area contributed by atoms with Crippen LogP contribution in [0.25, 0.3) is 0 Å². The van der Waals surface area contributed by atoms with Crippen molar-refractivity contribution in [2.75, 3.05) is 33.3 Å². The summed E-state index contributed by atoms with van der Waals surface area (Å²) in [5, 5.41) is 6.53. The molecule has 2 N–H and O–H groups in total. The summed E-state index contributed by atoms with van der Waals surface area (Å²) in [5.41, 5.74) is 1.34. The van der Waals surface area contributed by atoms with Gasteiger partial charge in [-0.1, -0.05) is 25.0 Å². The van der Waals surface area contributed by atoms with Gasteiger partial charge in [-0.2, -0.15) is 0 Å². The third-order valence-corrected chi connectivity index (χ3v) is 5.73. The average molecular weight is 387 g/mol. The van der Waals surface area contributed by atoms with Gasteiger partial charge in [-0.3, -0.25) is 9.79 Å². The molecule has 2 aliphatic rings. The highest BCUT2D eigenvalue weighted by Crippen LogP contribution is 2.28. The molecule has 3 rings (SSSR count). The first-order valence-corrected chi connectivity index (χ1v) is 10.7. The van der Waals surface area contributed by atoms with Gasteiger partial charge in [-0.25, -0.2) is 0 Å². The van der Waals surface area contributed by atoms with Crippen LogP contribution in [0.4, 0.5) is 0 Å². The summed E-state index contributed by atoms with van der Waals surface area (Å²) in [7, 11) is 1.69. The number of amides is 1. The van der Waals surface area contributed by atoms with Gasteiger partial charge in [-0.05, 0) is 43.9 Å². The number of hydrogen-bond donors (Lipinski definition) is 2. The van der Waals surface area contributed by atoms with Crippen molar-refractivity contribution in [3.8, 4) is 5.75 Å². The molecule has 1 heterocycles. The first kappa shape index (κ1) is 20.5. The van der Waals surface area contributed by atoms with Crippen molar-refractivity contribution in [3.05, 3.63) is 29.8 Å². The number of nitrogens with zero attached hydrogens (tertiary/aromatic N) is 2. The zero-order valence-corrected chi connectivity index (χ0v) is 17.2. The third kappa shape index (κ3) is 5.63. The Balaban J connectivity index is 1.51. The summed E-state index contributed by atoms with van der Waals surface area (Å²) < 4.78 is 5.26. The molecule has 1 saturated heterocycles. The molecule has 0 spiro atoms. The van der Waals surface area contributed by atoms with Crippen LogP contribution >= 0.6 is 0 Å². The number of likely N-dealkylation sites (tertiary alicyclic amines) is 1. The number of carbonyl (C=O) groups excluding carboxylic acids is 1. The van der Waals surface area contributed by atoms with E-state index in [0.717, 1.165) is 50.6 Å². The van der Waals surface area contributed by atoms with Crippen molar-refractivity contribution in [2.45, 2.75) is 57.4 Å². The van der Waals surface area contributed by atoms with E-state index in [9.17, 15) is 4.79 Å². The second kappa shape index (κ2) is 10.3. The number of rotatable bonds is 7. The molecule has 1 aromatic rings. The molecule has 1 amide bonds. The number of guanidine groups is 1. The molecule has 0 radical (unpaired) electrons. The number of methoxy groups -OCH3 is 1. The van der Waals surface area contributed by atoms with Crippen molar-refractivity contribution in [2.24, 2.45) is 4.99 Å². The van der Waals surface area contributed by atoms with E-state index in [-0.39, 0.29) is 5.91 Å². The largest absolute Gasteiger partial charge is 0.497 e. The lowest BCUT2D eigenvalue weighted by atomic mass is 9.98. The van der Waals surface area contributed by atoms with Crippen molar-refractivity contribution in [3.63, 3.8) is 0 Å². The van der Waals surface area contributed by atoms with Gasteiger partial charge in [0.05, 0.1) is 13.7 Å². The van der Waals surface area contributed by atoms with Gasteiger partial charge in [0.15, 0.2) is 5.96 Å². The predicted octanol–water partition coefficient (Wildman–Crippen LogP) is 2.90. The minimum Gasteiger partial charge on any atom is -0.497 e. The summed E-state index contributed by atoms with van der Waals surface area (Å²) in [6, 6.07) is 8.75. The summed E-state index contributed by atoms with van der Waals surface area (Å²) in [5.74, 6) is 2.45. The Kier molecular flexibility index (Phi) is 7.57. The summed E-state index contributed by atoms with van der Waals surface area (Å²) in [6.45, 7) is 5.38. The molecular weight excluding hydrogens is 352 g/mol. The fraction of sp³-hybridized carbons (Fsp3) is 0.636. The van der Waals surface area contributed by atoms with Gasteiger partial charge in [0.2, 0.25) is 5.91 Å². The number of carbonyl (C=O) groups is 1. The number of hydrogen-bond acceptors (Lipinski definition) is 3. The Bertz CT molecular complexity index is 653. The number of benzene rings is 1. The number of aliphatic imine (C=N–C) groups is 1. The third-order valence-electron chi connectivity index (χ3n) is 5.73. The van der Waals surface area contributed by atoms with Crippen molar-refractivity contribution in [1.82, 2.24) is 15.5 Å². The van der Waals surface area contributed by atoms with Gasteiger partial charge in [0.1, 0.15) is 5.75 Å². The van der Waals surface area contributed by atoms with Gasteiger partial charge in [0, 0.05) is 38.0 Å². The molecule has 28 heavy (non-hydrogen) atoms. The van der Waals surface area contributed by atoms with E-state index in [4.69, 9.17) is 9.73 Å². The second-order valence-corrected chi connectivity index (χ2v) is 7.74. The minimum atomic E-state index is 0.129. The van der Waals surface area contributed by atoms with Crippen LogP contribution in [0.2, 0.25) is 0 Å². The molecular formula is C22H34N4O2. The van der Waals surface area contributed by atoms with Crippen LogP contribution in [-0.4, -0.2) is 56.1 Å². The Morgan fingerprint density at radius 2 is 1.96 bits per heavy atom. The van der Waals surface area contributed by atoms with Gasteiger partial charge < -0.3 is 20.3 Å². The Hall–Kier alpha value is -2.24. The first-order valence-electron chi connectivity index (χ1n) is 10.7. The lowest BCUT2D eigenvalue weighted by Gasteiger charge is -2.22. The number of nitrogens with one attached hydrogen (secondary N) is 2. The van der Waals surface area contributed by atoms with Crippen LogP contribution in [0.1, 0.15) is 56.9 Å². The monoisotopic (exact) mass is 386 g/mol. The van der Waals surface area contributed by atoms with Crippen LogP contribution in [0.3, 0.4) is 0 Å². The SMILES string of the molecule is CCNC(=NCCC(=O)NC1CCCC1)N1CCC(c2ccc(OC)cc2)C1. The van der Waals surface area contributed by atoms with Crippen LogP contribution in [-0.2, 0) is 4.79 Å². The maximum atomic E-state index is 12.1. The normalized spacial score (nSPS) is 20.4. The van der Waals surface area contributed by atoms with Gasteiger partial charge >= 0.3 is 0 Å². The predicted molar refractivity (Wildman–Crippen MR) is 113 cm³/mol. The molecule has 6 nitrogen and oxygen atoms in total. The highest BCUT2D eigenvalue weighted by molar-refractivity contribution is 5.81. The molecule has 1 atom stereocenters. The Labute approximate surface area is 168 Å². The topological polar surface area (TPSA) is 66.0 Å². The molecule has 6 heteroatoms. The second-order valence-electron chi connectivity index (χ2n) is 7.74. The highest BCUT2D eigenvalue weighted by atomic mass is 16.5. The molecule has 0 bridgehead atoms. The van der Waals surface area contributed by atoms with E-state index >= 15 is 0 Å². The zero-order valence-electron chi connectivity index (χ0n) is 17.2. The molecule has 1 aliphatic carbocycles. The molecule has 0 aromatic heterocycles. The first-order chi connectivity index (χ1) is 13.7. The molecule has 1 aromatic carbocycles. The fourth-order valence-corrected chi connectivity index (χ4v) is 4.16. The summed E-state index contributed by atoms with van der Waals surface area (Å²) in [4.78, 5) is 19.2. The lowest BCUT2D eigenvalue weighted by molar-refractivity contribution is -0.121. The molecule has 154 valence electrons. The van der Waals surface area contributed by atoms with E-state index in [1.807, 2.05) is 12.1 Å². The van der Waals surface area contributed by atoms with Gasteiger partial charge in [0.25, 0.3) is 0 Å². The molecule has 1 saturated carbocycles. The molecule has 1 unspecified atom stereocenters. The van der Waals surface area contributed by atoms with Crippen LogP contribution < -0.4 is 15.4 Å². The van der Waals surface area contributed by atoms with E-state index in [2.05, 4.69) is 34.6 Å². The zero-order chi connectivity index (χ0) is 19.8. The average Bonchev–Trinajstić information content (AvgIpc) is 3.39. The fourth-order valence-electron chi connectivity index (χ4n) is 4.16. The van der Waals surface area contributed by atoms with Crippen molar-refractivity contribution < 1.29 is 9.53 Å². The minimum absolute atomic E-state index is 0.129. The van der Waals surface area contributed by atoms with Crippen molar-refractivity contribution in [1.29, 1.82) is 0 Å². The maximum absolute atomic E-state index is 12.1. The van der Waals surface area contributed by atoms with Crippen molar-refractivity contribution >= 4 is 11.9 Å². The van der Waals surface area contributed by atoms with Gasteiger partial charge in [-0.15, -0.1) is 0 Å². The highest BCUT2D eigenvalue weighted by Gasteiger charge is 2.26. The molecule has 2 fully saturated rings. The Morgan fingerprint density at radius 3 is 2.64 bits per heavy atom. The summed E-state index contributed by atoms with van der Waals surface area (Å²) >= 11 is 0. The lowest BCUT2D eigenvalue weighted by Crippen LogP contribution is -2.40. The summed E-state index contributed by atoms with van der Waals surface area (Å²) in [6.07, 6.45) is 6.28.